The van der Waals surface area contributed by atoms with E-state index >= 15 is 0 Å². The molecule has 0 amide bonds. The van der Waals surface area contributed by atoms with Crippen molar-refractivity contribution in [1.82, 2.24) is 0 Å². The lowest BCUT2D eigenvalue weighted by Crippen LogP contribution is -2.17. The van der Waals surface area contributed by atoms with Crippen LogP contribution in [0.25, 0.3) is 0 Å². The fourth-order valence-corrected chi connectivity index (χ4v) is 5.83. The average molecular weight is 481 g/mol. The average Bonchev–Trinajstić information content (AvgIpc) is 2.70. The standard InChI is InChI=1S/C21H21ClN2O5S2/c1-14-8-9-16(23-30(25,26)20-11-10-17(29-3)12-15(20)2)13-21(14)31(27,28)24-19-7-5-4-6-18(19)22/h4-13,23-24H,1-3H3. The highest BCUT2D eigenvalue weighted by Gasteiger charge is 2.22. The van der Waals surface area contributed by atoms with Crippen molar-refractivity contribution in [3.8, 4) is 5.75 Å². The van der Waals surface area contributed by atoms with Gasteiger partial charge in [0.1, 0.15) is 5.75 Å². The van der Waals surface area contributed by atoms with E-state index in [0.717, 1.165) is 0 Å². The molecule has 10 heteroatoms. The molecule has 0 aliphatic rings. The number of ether oxygens (including phenoxy) is 1. The van der Waals surface area contributed by atoms with Gasteiger partial charge < -0.3 is 4.74 Å². The molecule has 164 valence electrons. The Kier molecular flexibility index (Phi) is 6.49. The van der Waals surface area contributed by atoms with E-state index in [-0.39, 0.29) is 26.2 Å². The van der Waals surface area contributed by atoms with Crippen molar-refractivity contribution in [3.05, 3.63) is 76.8 Å². The Bertz CT molecular complexity index is 1340. The first-order valence-electron chi connectivity index (χ1n) is 9.09. The predicted molar refractivity (Wildman–Crippen MR) is 122 cm³/mol. The molecule has 7 nitrogen and oxygen atoms in total. The molecule has 0 radical (unpaired) electrons. The molecule has 0 aliphatic carbocycles. The van der Waals surface area contributed by atoms with Gasteiger partial charge in [0.15, 0.2) is 0 Å². The second-order valence-corrected chi connectivity index (χ2v) is 10.5. The van der Waals surface area contributed by atoms with Crippen molar-refractivity contribution in [1.29, 1.82) is 0 Å². The summed E-state index contributed by atoms with van der Waals surface area (Å²) in [6.07, 6.45) is 0. The van der Waals surface area contributed by atoms with Gasteiger partial charge in [0.2, 0.25) is 0 Å². The fraction of sp³-hybridized carbons (Fsp3) is 0.143. The fourth-order valence-electron chi connectivity index (χ4n) is 2.96. The molecular formula is C21H21ClN2O5S2. The topological polar surface area (TPSA) is 102 Å². The Morgan fingerprint density at radius 2 is 1.45 bits per heavy atom. The number of benzene rings is 3. The van der Waals surface area contributed by atoms with E-state index in [2.05, 4.69) is 9.44 Å². The second kappa shape index (κ2) is 8.78. The highest BCUT2D eigenvalue weighted by atomic mass is 35.5. The van der Waals surface area contributed by atoms with Crippen LogP contribution in [0.2, 0.25) is 5.02 Å². The van der Waals surface area contributed by atoms with Gasteiger partial charge in [0.25, 0.3) is 20.0 Å². The minimum Gasteiger partial charge on any atom is -0.497 e. The molecule has 0 saturated carbocycles. The lowest BCUT2D eigenvalue weighted by molar-refractivity contribution is 0.414. The van der Waals surface area contributed by atoms with E-state index < -0.39 is 20.0 Å². The largest absolute Gasteiger partial charge is 0.497 e. The Morgan fingerprint density at radius 3 is 2.10 bits per heavy atom. The van der Waals surface area contributed by atoms with Gasteiger partial charge in [-0.2, -0.15) is 0 Å². The van der Waals surface area contributed by atoms with E-state index in [1.807, 2.05) is 0 Å². The summed E-state index contributed by atoms with van der Waals surface area (Å²) in [5.74, 6) is 0.533. The van der Waals surface area contributed by atoms with Crippen molar-refractivity contribution in [2.75, 3.05) is 16.6 Å². The van der Waals surface area contributed by atoms with Crippen LogP contribution in [0.3, 0.4) is 0 Å². The van der Waals surface area contributed by atoms with E-state index in [0.29, 0.717) is 16.9 Å². The van der Waals surface area contributed by atoms with Gasteiger partial charge in [0.05, 0.1) is 33.3 Å². The van der Waals surface area contributed by atoms with Crippen LogP contribution in [-0.2, 0) is 20.0 Å². The predicted octanol–water partition coefficient (Wildman–Crippen LogP) is 4.57. The van der Waals surface area contributed by atoms with Crippen molar-refractivity contribution in [3.63, 3.8) is 0 Å². The minimum absolute atomic E-state index is 0.0625. The van der Waals surface area contributed by atoms with Crippen molar-refractivity contribution >= 4 is 43.0 Å². The number of hydrogen-bond donors (Lipinski definition) is 2. The summed E-state index contributed by atoms with van der Waals surface area (Å²) >= 11 is 6.05. The van der Waals surface area contributed by atoms with Gasteiger partial charge in [-0.3, -0.25) is 9.44 Å². The lowest BCUT2D eigenvalue weighted by Gasteiger charge is -2.15. The Labute approximate surface area is 187 Å². The summed E-state index contributed by atoms with van der Waals surface area (Å²) in [5.41, 5.74) is 1.28. The summed E-state index contributed by atoms with van der Waals surface area (Å²) in [4.78, 5) is -0.00783. The van der Waals surface area contributed by atoms with Gasteiger partial charge in [-0.05, 0) is 67.4 Å². The molecule has 0 bridgehead atoms. The maximum absolute atomic E-state index is 12.9. The van der Waals surface area contributed by atoms with Gasteiger partial charge in [-0.25, -0.2) is 16.8 Å². The number of para-hydroxylation sites is 1. The number of methoxy groups -OCH3 is 1. The maximum Gasteiger partial charge on any atom is 0.262 e. The molecular weight excluding hydrogens is 460 g/mol. The molecule has 0 spiro atoms. The van der Waals surface area contributed by atoms with E-state index in [4.69, 9.17) is 16.3 Å². The van der Waals surface area contributed by atoms with Crippen LogP contribution in [0.5, 0.6) is 5.75 Å². The van der Waals surface area contributed by atoms with Crippen LogP contribution in [0, 0.1) is 13.8 Å². The van der Waals surface area contributed by atoms with Crippen LogP contribution < -0.4 is 14.2 Å². The Morgan fingerprint density at radius 1 is 0.774 bits per heavy atom. The zero-order chi connectivity index (χ0) is 22.8. The lowest BCUT2D eigenvalue weighted by atomic mass is 10.2. The zero-order valence-electron chi connectivity index (χ0n) is 17.0. The van der Waals surface area contributed by atoms with E-state index in [1.54, 1.807) is 44.2 Å². The molecule has 0 unspecified atom stereocenters. The second-order valence-electron chi connectivity index (χ2n) is 6.80. The number of halogens is 1. The number of nitrogens with one attached hydrogen (secondary N) is 2. The summed E-state index contributed by atoms with van der Waals surface area (Å²) in [5, 5.41) is 0.246. The van der Waals surface area contributed by atoms with Crippen LogP contribution in [0.15, 0.2) is 70.5 Å². The number of hydrogen-bond acceptors (Lipinski definition) is 5. The van der Waals surface area contributed by atoms with Crippen LogP contribution in [0.4, 0.5) is 11.4 Å². The molecule has 3 aromatic carbocycles. The Balaban J connectivity index is 1.95. The summed E-state index contributed by atoms with van der Waals surface area (Å²) in [7, 11) is -6.47. The normalized spacial score (nSPS) is 11.7. The maximum atomic E-state index is 12.9. The third-order valence-electron chi connectivity index (χ3n) is 4.52. The molecule has 0 saturated heterocycles. The molecule has 0 aromatic heterocycles. The minimum atomic E-state index is -4.01. The monoisotopic (exact) mass is 480 g/mol. The number of anilines is 2. The third-order valence-corrected chi connectivity index (χ3v) is 7.90. The van der Waals surface area contributed by atoms with Crippen molar-refractivity contribution in [2.24, 2.45) is 0 Å². The third kappa shape index (κ3) is 5.12. The first-order chi connectivity index (χ1) is 14.5. The highest BCUT2D eigenvalue weighted by molar-refractivity contribution is 7.93. The smallest absolute Gasteiger partial charge is 0.262 e. The van der Waals surface area contributed by atoms with Crippen molar-refractivity contribution in [2.45, 2.75) is 23.6 Å². The summed E-state index contributed by atoms with van der Waals surface area (Å²) in [6.45, 7) is 3.27. The number of sulfonamides is 2. The molecule has 0 heterocycles. The number of rotatable bonds is 7. The van der Waals surface area contributed by atoms with Gasteiger partial charge >= 0.3 is 0 Å². The quantitative estimate of drug-likeness (QED) is 0.516. The van der Waals surface area contributed by atoms with Gasteiger partial charge in [-0.1, -0.05) is 29.8 Å². The first-order valence-corrected chi connectivity index (χ1v) is 12.4. The molecule has 3 aromatic rings. The molecule has 31 heavy (non-hydrogen) atoms. The van der Waals surface area contributed by atoms with E-state index in [1.165, 1.54) is 37.4 Å². The zero-order valence-corrected chi connectivity index (χ0v) is 19.4. The van der Waals surface area contributed by atoms with Crippen LogP contribution in [-0.4, -0.2) is 23.9 Å². The van der Waals surface area contributed by atoms with Gasteiger partial charge in [0, 0.05) is 0 Å². The molecule has 0 fully saturated rings. The first kappa shape index (κ1) is 22.9. The highest BCUT2D eigenvalue weighted by Crippen LogP contribution is 2.28. The molecule has 0 atom stereocenters. The Hall–Kier alpha value is -2.75. The molecule has 3 rings (SSSR count). The molecule has 0 aliphatic heterocycles. The summed E-state index contributed by atoms with van der Waals surface area (Å²) < 4.78 is 61.6. The summed E-state index contributed by atoms with van der Waals surface area (Å²) in [6, 6.07) is 15.3. The van der Waals surface area contributed by atoms with Gasteiger partial charge in [-0.15, -0.1) is 0 Å². The SMILES string of the molecule is COc1ccc(S(=O)(=O)Nc2ccc(C)c(S(=O)(=O)Nc3ccccc3Cl)c2)c(C)c1. The van der Waals surface area contributed by atoms with E-state index in [9.17, 15) is 16.8 Å². The van der Waals surface area contributed by atoms with Crippen LogP contribution in [0.1, 0.15) is 11.1 Å². The van der Waals surface area contributed by atoms with Crippen molar-refractivity contribution < 1.29 is 21.6 Å². The number of aryl methyl sites for hydroxylation is 2. The molecule has 2 N–H and O–H groups in total. The van der Waals surface area contributed by atoms with Crippen LogP contribution >= 0.6 is 11.6 Å².